The molecule has 0 aromatic heterocycles. The molecule has 0 aromatic carbocycles. The maximum absolute atomic E-state index is 13.4. The van der Waals surface area contributed by atoms with Gasteiger partial charge in [-0.05, 0) is 65.3 Å². The number of epoxide rings is 1. The van der Waals surface area contributed by atoms with E-state index in [4.69, 9.17) is 37.9 Å². The normalized spacial score (nSPS) is 45.8. The van der Waals surface area contributed by atoms with Gasteiger partial charge in [0.25, 0.3) is 0 Å². The fraction of sp³-hybridized carbons (Fsp3) is 0.838. The number of aliphatic hydroxyl groups is 3. The number of rotatable bonds is 9. The van der Waals surface area contributed by atoms with Crippen LogP contribution in [0, 0.1) is 17.8 Å². The van der Waals surface area contributed by atoms with E-state index >= 15 is 0 Å². The number of methoxy groups -OCH3 is 2. The summed E-state index contributed by atoms with van der Waals surface area (Å²) in [4.78, 5) is 28.7. The van der Waals surface area contributed by atoms with Crippen molar-refractivity contribution in [2.75, 3.05) is 34.9 Å². The number of fused-ring (bicyclic) bond motifs is 1. The summed E-state index contributed by atoms with van der Waals surface area (Å²) in [6.45, 7) is 10.7. The molecule has 17 atom stereocenters. The van der Waals surface area contributed by atoms with Gasteiger partial charge < -0.3 is 58.1 Å². The van der Waals surface area contributed by atoms with Crippen molar-refractivity contribution < 1.29 is 62.8 Å². The van der Waals surface area contributed by atoms with Crippen LogP contribution in [0.5, 0.6) is 0 Å². The predicted octanol–water partition coefficient (Wildman–Crippen LogP) is 1.76. The summed E-state index contributed by atoms with van der Waals surface area (Å²) in [5.41, 5.74) is -1.86. The van der Waals surface area contributed by atoms with Crippen LogP contribution in [-0.2, 0) is 47.5 Å². The molecular weight excluding hydrogens is 666 g/mol. The van der Waals surface area contributed by atoms with Gasteiger partial charge in [-0.15, -0.1) is 0 Å². The van der Waals surface area contributed by atoms with E-state index in [0.717, 1.165) is 0 Å². The van der Waals surface area contributed by atoms with Crippen LogP contribution >= 0.6 is 0 Å². The van der Waals surface area contributed by atoms with Crippen LogP contribution in [0.4, 0.5) is 0 Å². The van der Waals surface area contributed by atoms with Gasteiger partial charge in [-0.1, -0.05) is 33.8 Å². The molecule has 17 unspecified atom stereocenters. The number of ether oxygens (including phenoxy) is 8. The van der Waals surface area contributed by atoms with Gasteiger partial charge in [0.05, 0.1) is 24.9 Å². The number of esters is 1. The average Bonchev–Trinajstić information content (AvgIpc) is 3.88. The zero-order chi connectivity index (χ0) is 37.8. The van der Waals surface area contributed by atoms with Crippen molar-refractivity contribution in [3.05, 3.63) is 24.3 Å². The Morgan fingerprint density at radius 2 is 1.57 bits per heavy atom. The molecule has 3 fully saturated rings. The largest absolute Gasteiger partial charge is 0.456 e. The van der Waals surface area contributed by atoms with Gasteiger partial charge in [0, 0.05) is 38.2 Å². The minimum absolute atomic E-state index is 0.115. The second-order valence-corrected chi connectivity index (χ2v) is 15.0. The number of allylic oxidation sites excluding steroid dienone is 1. The van der Waals surface area contributed by atoms with Gasteiger partial charge in [-0.25, -0.2) is 4.79 Å². The van der Waals surface area contributed by atoms with Gasteiger partial charge in [0.15, 0.2) is 24.0 Å². The van der Waals surface area contributed by atoms with Crippen molar-refractivity contribution in [3.63, 3.8) is 0 Å². The Balaban J connectivity index is 1.59. The third-order valence-corrected chi connectivity index (χ3v) is 10.8. The molecule has 0 amide bonds. The van der Waals surface area contributed by atoms with Crippen molar-refractivity contribution >= 4 is 11.8 Å². The molecule has 3 N–H and O–H groups in total. The van der Waals surface area contributed by atoms with E-state index in [1.165, 1.54) is 26.4 Å². The zero-order valence-electron chi connectivity index (χ0n) is 31.7. The molecule has 4 aliphatic heterocycles. The maximum atomic E-state index is 13.4. The lowest BCUT2D eigenvalue weighted by Crippen LogP contribution is -2.60. The van der Waals surface area contributed by atoms with E-state index in [2.05, 4.69) is 0 Å². The van der Waals surface area contributed by atoms with E-state index in [1.807, 2.05) is 46.7 Å². The van der Waals surface area contributed by atoms with Crippen molar-refractivity contribution in [2.24, 2.45) is 17.8 Å². The lowest BCUT2D eigenvalue weighted by atomic mass is 9.84. The molecule has 0 aromatic rings. The molecule has 0 saturated carbocycles. The predicted molar refractivity (Wildman–Crippen MR) is 184 cm³/mol. The van der Waals surface area contributed by atoms with Crippen molar-refractivity contribution in [1.82, 2.24) is 4.90 Å². The minimum Gasteiger partial charge on any atom is -0.456 e. The van der Waals surface area contributed by atoms with Crippen LogP contribution in [0.25, 0.3) is 0 Å². The monoisotopic (exact) mass is 727 g/mol. The number of nitrogens with zero attached hydrogens (tertiary/aromatic N) is 1. The lowest BCUT2D eigenvalue weighted by Gasteiger charge is -2.43. The first-order valence-corrected chi connectivity index (χ1v) is 18.2. The van der Waals surface area contributed by atoms with E-state index in [9.17, 15) is 24.9 Å². The Bertz CT molecular complexity index is 1210. The molecule has 14 heteroatoms. The fourth-order valence-electron chi connectivity index (χ4n) is 7.69. The summed E-state index contributed by atoms with van der Waals surface area (Å²) >= 11 is 0. The number of hydrogen-bond acceptors (Lipinski definition) is 14. The van der Waals surface area contributed by atoms with Gasteiger partial charge in [-0.2, -0.15) is 0 Å². The Kier molecular flexibility index (Phi) is 14.8. The molecule has 4 rings (SSSR count). The van der Waals surface area contributed by atoms with Crippen LogP contribution in [0.15, 0.2) is 24.3 Å². The van der Waals surface area contributed by atoms with Crippen molar-refractivity contribution in [3.8, 4) is 0 Å². The standard InChI is InChI=1S/C37H61NO13/c1-11-27-37(43,18-46-36-33(45-10)32(44-9)29(41)23(6)48-36)34-26(49-34)14-13-25(39)20(3)16-21(4)31(19(2)12-15-28(40)50-27)51-35-30(42)24(38(7)8)17-22(5)47-35/h12-15,19-24,26-27,29-36,41-43H,11,16-18H2,1-10H3. The highest BCUT2D eigenvalue weighted by atomic mass is 16.7. The average molecular weight is 728 g/mol. The second kappa shape index (κ2) is 18.0. The van der Waals surface area contributed by atoms with Crippen LogP contribution in [0.3, 0.4) is 0 Å². The van der Waals surface area contributed by atoms with Gasteiger partial charge in [-0.3, -0.25) is 4.79 Å². The molecule has 51 heavy (non-hydrogen) atoms. The van der Waals surface area contributed by atoms with Gasteiger partial charge in [0.1, 0.15) is 42.7 Å². The van der Waals surface area contributed by atoms with E-state index in [-0.39, 0.29) is 48.7 Å². The van der Waals surface area contributed by atoms with Crippen LogP contribution in [0.2, 0.25) is 0 Å². The third-order valence-electron chi connectivity index (χ3n) is 10.8. The molecule has 3 saturated heterocycles. The van der Waals surface area contributed by atoms with Crippen LogP contribution < -0.4 is 0 Å². The van der Waals surface area contributed by atoms with Crippen LogP contribution in [0.1, 0.15) is 60.8 Å². The van der Waals surface area contributed by atoms with Gasteiger partial charge >= 0.3 is 5.97 Å². The quantitative estimate of drug-likeness (QED) is 0.232. The van der Waals surface area contributed by atoms with E-state index < -0.39 is 79.1 Å². The van der Waals surface area contributed by atoms with Crippen molar-refractivity contribution in [1.29, 1.82) is 0 Å². The molecule has 14 nitrogen and oxygen atoms in total. The van der Waals surface area contributed by atoms with Gasteiger partial charge in [0.2, 0.25) is 0 Å². The number of carbonyl (C=O) groups excluding carboxylic acids is 2. The number of carbonyl (C=O) groups is 2. The fourth-order valence-corrected chi connectivity index (χ4v) is 7.69. The number of ketones is 1. The maximum Gasteiger partial charge on any atom is 0.330 e. The minimum atomic E-state index is -1.86. The molecule has 4 heterocycles. The smallest absolute Gasteiger partial charge is 0.330 e. The topological polar surface area (TPSA) is 175 Å². The first-order chi connectivity index (χ1) is 24.1. The highest BCUT2D eigenvalue weighted by Gasteiger charge is 2.59. The zero-order valence-corrected chi connectivity index (χ0v) is 31.7. The van der Waals surface area contributed by atoms with Crippen LogP contribution in [-0.4, -0.2) is 152 Å². The summed E-state index contributed by atoms with van der Waals surface area (Å²) in [5, 5.41) is 34.0. The number of cyclic esters (lactones) is 1. The first kappa shape index (κ1) is 41.9. The molecule has 4 aliphatic rings. The molecular formula is C37H61NO13. The molecule has 0 spiro atoms. The summed E-state index contributed by atoms with van der Waals surface area (Å²) in [6, 6.07) is -0.171. The molecule has 0 bridgehead atoms. The Labute approximate surface area is 302 Å². The molecule has 0 aliphatic carbocycles. The second-order valence-electron chi connectivity index (χ2n) is 15.0. The number of likely N-dealkylation sites (N-methyl/N-ethyl adjacent to an activating group) is 1. The summed E-state index contributed by atoms with van der Waals surface area (Å²) < 4.78 is 47.4. The Morgan fingerprint density at radius 3 is 2.20 bits per heavy atom. The summed E-state index contributed by atoms with van der Waals surface area (Å²) in [7, 11) is 6.70. The lowest BCUT2D eigenvalue weighted by molar-refractivity contribution is -0.313. The van der Waals surface area contributed by atoms with E-state index in [1.54, 1.807) is 26.0 Å². The molecule has 292 valence electrons. The molecule has 0 radical (unpaired) electrons. The summed E-state index contributed by atoms with van der Waals surface area (Å²) in [6.07, 6.45) is -1.95. The Morgan fingerprint density at radius 1 is 0.882 bits per heavy atom. The first-order valence-electron chi connectivity index (χ1n) is 18.2. The highest BCUT2D eigenvalue weighted by molar-refractivity contribution is 5.91. The highest BCUT2D eigenvalue weighted by Crippen LogP contribution is 2.40. The Hall–Kier alpha value is -1.82. The SMILES string of the molecule is CCC1OC(=O)C=CC(C)C(OC2OC(C)CC(N(C)C)C2O)C(C)CC(C)C(=O)C=CC2OC2C1(O)COC1OC(C)C(O)C(OC)C1OC. The van der Waals surface area contributed by atoms with Crippen molar-refractivity contribution in [2.45, 2.75) is 146 Å². The summed E-state index contributed by atoms with van der Waals surface area (Å²) in [5.74, 6) is -1.71. The van der Waals surface area contributed by atoms with E-state index in [0.29, 0.717) is 12.8 Å². The number of aliphatic hydroxyl groups excluding tert-OH is 2. The third kappa shape index (κ3) is 9.84. The number of hydrogen-bond donors (Lipinski definition) is 3.